The first-order valence-corrected chi connectivity index (χ1v) is 8.64. The fourth-order valence-electron chi connectivity index (χ4n) is 3.10. The molecule has 1 saturated heterocycles. The van der Waals surface area contributed by atoms with E-state index in [1.165, 1.54) is 24.1 Å². The Balaban J connectivity index is 2.16. The number of hydrogen-bond acceptors (Lipinski definition) is 5. The molecule has 1 atom stereocenters. The molecule has 1 fully saturated rings. The van der Waals surface area contributed by atoms with Gasteiger partial charge < -0.3 is 19.8 Å². The molecule has 0 aromatic heterocycles. The summed E-state index contributed by atoms with van der Waals surface area (Å²) >= 11 is 5.88. The number of amides is 1. The van der Waals surface area contributed by atoms with Gasteiger partial charge in [0.1, 0.15) is 11.5 Å². The van der Waals surface area contributed by atoms with Gasteiger partial charge in [-0.1, -0.05) is 23.7 Å². The second kappa shape index (κ2) is 7.82. The zero-order valence-corrected chi connectivity index (χ0v) is 15.3. The quantitative estimate of drug-likeness (QED) is 0.467. The van der Waals surface area contributed by atoms with Crippen molar-refractivity contribution in [1.29, 1.82) is 0 Å². The Kier molecular flexibility index (Phi) is 5.48. The van der Waals surface area contributed by atoms with Gasteiger partial charge in [0.2, 0.25) is 0 Å². The van der Waals surface area contributed by atoms with E-state index in [1.54, 1.807) is 36.4 Å². The van der Waals surface area contributed by atoms with E-state index in [9.17, 15) is 19.8 Å². The summed E-state index contributed by atoms with van der Waals surface area (Å²) in [5.74, 6) is -1.81. The van der Waals surface area contributed by atoms with Gasteiger partial charge in [-0.3, -0.25) is 9.59 Å². The molecule has 6 nitrogen and oxygen atoms in total. The number of phenolic OH excluding ortho intramolecular Hbond substituents is 1. The average Bonchev–Trinajstić information content (AvgIpc) is 2.91. The number of nitrogens with zero attached hydrogens (tertiary/aromatic N) is 1. The van der Waals surface area contributed by atoms with Gasteiger partial charge >= 0.3 is 0 Å². The van der Waals surface area contributed by atoms with Crippen LogP contribution in [-0.2, 0) is 14.3 Å². The van der Waals surface area contributed by atoms with Crippen LogP contribution in [0, 0.1) is 0 Å². The zero-order valence-electron chi connectivity index (χ0n) is 14.6. The number of rotatable bonds is 5. The van der Waals surface area contributed by atoms with Crippen LogP contribution in [0.3, 0.4) is 0 Å². The van der Waals surface area contributed by atoms with E-state index in [0.717, 1.165) is 0 Å². The number of benzene rings is 2. The van der Waals surface area contributed by atoms with Crippen molar-refractivity contribution >= 4 is 29.1 Å². The molecule has 0 saturated carbocycles. The normalized spacial score (nSPS) is 18.9. The summed E-state index contributed by atoms with van der Waals surface area (Å²) in [7, 11) is 1.49. The van der Waals surface area contributed by atoms with Gasteiger partial charge in [-0.05, 0) is 42.0 Å². The number of aliphatic hydroxyl groups excluding tert-OH is 1. The van der Waals surface area contributed by atoms with E-state index in [4.69, 9.17) is 16.3 Å². The summed E-state index contributed by atoms with van der Waals surface area (Å²) in [4.78, 5) is 26.6. The molecule has 140 valence electrons. The van der Waals surface area contributed by atoms with Gasteiger partial charge in [0.15, 0.2) is 0 Å². The van der Waals surface area contributed by atoms with Gasteiger partial charge in [-0.25, -0.2) is 0 Å². The molecule has 2 N–H and O–H groups in total. The van der Waals surface area contributed by atoms with Crippen LogP contribution >= 0.6 is 11.6 Å². The van der Waals surface area contributed by atoms with Crippen molar-refractivity contribution in [1.82, 2.24) is 4.90 Å². The number of likely N-dealkylation sites (tertiary alicyclic amines) is 1. The van der Waals surface area contributed by atoms with Crippen molar-refractivity contribution in [2.75, 3.05) is 20.3 Å². The van der Waals surface area contributed by atoms with Crippen molar-refractivity contribution in [3.05, 3.63) is 70.3 Å². The molecule has 2 aromatic carbocycles. The molecule has 0 radical (unpaired) electrons. The Bertz CT molecular complexity index is 907. The Morgan fingerprint density at radius 1 is 1.19 bits per heavy atom. The fraction of sp³-hybridized carbons (Fsp3) is 0.200. The maximum absolute atomic E-state index is 12.7. The van der Waals surface area contributed by atoms with Crippen LogP contribution in [0.4, 0.5) is 0 Å². The van der Waals surface area contributed by atoms with Crippen molar-refractivity contribution < 1.29 is 24.5 Å². The molecule has 0 bridgehead atoms. The van der Waals surface area contributed by atoms with Crippen LogP contribution < -0.4 is 0 Å². The third kappa shape index (κ3) is 3.67. The van der Waals surface area contributed by atoms with E-state index in [1.807, 2.05) is 0 Å². The standard InChI is InChI=1S/C20H18ClNO5/c1-27-10-9-22-17(13-3-2-4-15(23)11-13)16(19(25)20(22)26)18(24)12-5-7-14(21)8-6-12/h2-8,11,17,23-24H,9-10H2,1H3/b18-16+. The third-order valence-electron chi connectivity index (χ3n) is 4.38. The molecule has 1 heterocycles. The number of aromatic hydroxyl groups is 1. The summed E-state index contributed by atoms with van der Waals surface area (Å²) in [6.07, 6.45) is 0. The maximum Gasteiger partial charge on any atom is 0.295 e. The fourth-order valence-corrected chi connectivity index (χ4v) is 3.23. The monoisotopic (exact) mass is 387 g/mol. The molecular weight excluding hydrogens is 370 g/mol. The number of aliphatic hydroxyl groups is 1. The highest BCUT2D eigenvalue weighted by Crippen LogP contribution is 2.40. The zero-order chi connectivity index (χ0) is 19.6. The minimum absolute atomic E-state index is 0.00341. The van der Waals surface area contributed by atoms with Crippen molar-refractivity contribution in [3.8, 4) is 5.75 Å². The van der Waals surface area contributed by atoms with E-state index in [0.29, 0.717) is 16.1 Å². The first-order valence-electron chi connectivity index (χ1n) is 8.26. The molecule has 1 aliphatic rings. The lowest BCUT2D eigenvalue weighted by atomic mass is 9.95. The first-order chi connectivity index (χ1) is 12.9. The summed E-state index contributed by atoms with van der Waals surface area (Å²) in [6.45, 7) is 0.391. The van der Waals surface area contributed by atoms with E-state index >= 15 is 0 Å². The molecule has 7 heteroatoms. The smallest absolute Gasteiger partial charge is 0.295 e. The topological polar surface area (TPSA) is 87.1 Å². The number of Topliss-reactive ketones (excluding diaryl/α,β-unsaturated/α-hetero) is 1. The second-order valence-corrected chi connectivity index (χ2v) is 6.52. The number of phenols is 1. The van der Waals surface area contributed by atoms with Crippen molar-refractivity contribution in [2.45, 2.75) is 6.04 Å². The lowest BCUT2D eigenvalue weighted by Crippen LogP contribution is -2.32. The molecule has 3 rings (SSSR count). The molecular formula is C20H18ClNO5. The Morgan fingerprint density at radius 3 is 2.52 bits per heavy atom. The molecule has 0 spiro atoms. The molecule has 1 amide bonds. The number of ketones is 1. The van der Waals surface area contributed by atoms with Gasteiger partial charge in [0, 0.05) is 24.2 Å². The van der Waals surface area contributed by atoms with E-state index in [2.05, 4.69) is 0 Å². The van der Waals surface area contributed by atoms with Crippen LogP contribution in [0.5, 0.6) is 5.75 Å². The molecule has 2 aromatic rings. The highest BCUT2D eigenvalue weighted by atomic mass is 35.5. The minimum atomic E-state index is -0.831. The third-order valence-corrected chi connectivity index (χ3v) is 4.63. The summed E-state index contributed by atoms with van der Waals surface area (Å²) < 4.78 is 5.04. The highest BCUT2D eigenvalue weighted by Gasteiger charge is 2.45. The predicted molar refractivity (Wildman–Crippen MR) is 100 cm³/mol. The first kappa shape index (κ1) is 18.9. The molecule has 27 heavy (non-hydrogen) atoms. The number of ether oxygens (including phenoxy) is 1. The Morgan fingerprint density at radius 2 is 1.89 bits per heavy atom. The van der Waals surface area contributed by atoms with Crippen LogP contribution in [0.15, 0.2) is 54.1 Å². The summed E-state index contributed by atoms with van der Waals surface area (Å²) in [6, 6.07) is 11.7. The highest BCUT2D eigenvalue weighted by molar-refractivity contribution is 6.46. The van der Waals surface area contributed by atoms with E-state index in [-0.39, 0.29) is 30.2 Å². The lowest BCUT2D eigenvalue weighted by molar-refractivity contribution is -0.140. The lowest BCUT2D eigenvalue weighted by Gasteiger charge is -2.25. The number of methoxy groups -OCH3 is 1. The van der Waals surface area contributed by atoms with Crippen LogP contribution in [0.25, 0.3) is 5.76 Å². The second-order valence-electron chi connectivity index (χ2n) is 6.09. The SMILES string of the molecule is COCCN1C(=O)C(=O)/C(=C(/O)c2ccc(Cl)cc2)C1c1cccc(O)c1. The number of hydrogen-bond donors (Lipinski definition) is 2. The Labute approximate surface area is 161 Å². The van der Waals surface area contributed by atoms with Crippen LogP contribution in [0.1, 0.15) is 17.2 Å². The average molecular weight is 388 g/mol. The largest absolute Gasteiger partial charge is 0.508 e. The van der Waals surface area contributed by atoms with Gasteiger partial charge in [0.05, 0.1) is 18.2 Å². The predicted octanol–water partition coefficient (Wildman–Crippen LogP) is 3.11. The van der Waals surface area contributed by atoms with Crippen LogP contribution in [0.2, 0.25) is 5.02 Å². The van der Waals surface area contributed by atoms with Crippen molar-refractivity contribution in [2.24, 2.45) is 0 Å². The summed E-state index contributed by atoms with van der Waals surface area (Å²) in [5.41, 5.74) is 0.846. The molecule has 0 aliphatic carbocycles. The van der Waals surface area contributed by atoms with Gasteiger partial charge in [-0.15, -0.1) is 0 Å². The number of carbonyl (C=O) groups is 2. The molecule has 1 unspecified atom stereocenters. The van der Waals surface area contributed by atoms with E-state index < -0.39 is 17.7 Å². The summed E-state index contributed by atoms with van der Waals surface area (Å²) in [5, 5.41) is 21.1. The number of halogens is 1. The van der Waals surface area contributed by atoms with Crippen molar-refractivity contribution in [3.63, 3.8) is 0 Å². The maximum atomic E-state index is 12.7. The van der Waals surface area contributed by atoms with Crippen LogP contribution in [-0.4, -0.2) is 47.1 Å². The molecule has 1 aliphatic heterocycles. The van der Waals surface area contributed by atoms with Gasteiger partial charge in [-0.2, -0.15) is 0 Å². The Hall–Kier alpha value is -2.83. The van der Waals surface area contributed by atoms with Gasteiger partial charge in [0.25, 0.3) is 11.7 Å². The number of carbonyl (C=O) groups excluding carboxylic acids is 2. The minimum Gasteiger partial charge on any atom is -0.508 e.